The summed E-state index contributed by atoms with van der Waals surface area (Å²) >= 11 is 9.30. The Hall–Kier alpha value is -0.650. The minimum absolute atomic E-state index is 0.261. The molecule has 0 radical (unpaired) electrons. The maximum atomic E-state index is 8.98. The van der Waals surface area contributed by atoms with Gasteiger partial charge in [-0.25, -0.2) is 4.98 Å². The fourth-order valence-corrected chi connectivity index (χ4v) is 1.01. The number of rotatable bonds is 2. The predicted octanol–water partition coefficient (Wildman–Crippen LogP) is 1.78. The number of nitrogens with zero attached hydrogens (tertiary/aromatic N) is 2. The van der Waals surface area contributed by atoms with Crippen LogP contribution >= 0.6 is 24.4 Å². The molecule has 4 nitrogen and oxygen atoms in total. The lowest BCUT2D eigenvalue weighted by Crippen LogP contribution is -2.05. The van der Waals surface area contributed by atoms with Gasteiger partial charge in [-0.2, -0.15) is 4.47 Å². The van der Waals surface area contributed by atoms with Crippen molar-refractivity contribution in [3.63, 3.8) is 0 Å². The molecule has 0 spiro atoms. The molecule has 1 heterocycles. The maximum Gasteiger partial charge on any atom is 0.240 e. The summed E-state index contributed by atoms with van der Waals surface area (Å²) in [6, 6.07) is 1.49. The molecule has 0 unspecified atom stereocenters. The van der Waals surface area contributed by atoms with Gasteiger partial charge in [0.05, 0.1) is 12.1 Å². The SMILES string of the molecule is COc1ncc(Cl)cc1N(O)S. The molecule has 0 aliphatic heterocycles. The van der Waals surface area contributed by atoms with E-state index in [2.05, 4.69) is 17.8 Å². The summed E-state index contributed by atoms with van der Waals surface area (Å²) in [5.74, 6) is 0.261. The fourth-order valence-electron chi connectivity index (χ4n) is 0.717. The first-order chi connectivity index (χ1) is 5.65. The molecule has 0 atom stereocenters. The average molecular weight is 207 g/mol. The highest BCUT2D eigenvalue weighted by molar-refractivity contribution is 7.81. The van der Waals surface area contributed by atoms with Crippen LogP contribution in [0.25, 0.3) is 0 Å². The topological polar surface area (TPSA) is 45.6 Å². The van der Waals surface area contributed by atoms with E-state index in [0.29, 0.717) is 15.2 Å². The third-order valence-electron chi connectivity index (χ3n) is 1.21. The van der Waals surface area contributed by atoms with E-state index in [0.717, 1.165) is 0 Å². The highest BCUT2D eigenvalue weighted by Gasteiger charge is 2.08. The third kappa shape index (κ3) is 1.94. The van der Waals surface area contributed by atoms with E-state index in [1.165, 1.54) is 19.4 Å². The van der Waals surface area contributed by atoms with E-state index < -0.39 is 0 Å². The van der Waals surface area contributed by atoms with Gasteiger partial charge < -0.3 is 4.74 Å². The summed E-state index contributed by atoms with van der Waals surface area (Å²) < 4.78 is 5.44. The smallest absolute Gasteiger partial charge is 0.240 e. The second kappa shape index (κ2) is 3.84. The standard InChI is InChI=1S/C6H7ClN2O2S/c1-11-6-5(9(10)12)2-4(7)3-8-6/h2-3,10,12H,1H3. The lowest BCUT2D eigenvalue weighted by atomic mass is 10.4. The van der Waals surface area contributed by atoms with E-state index in [9.17, 15) is 0 Å². The first kappa shape index (κ1) is 9.44. The van der Waals surface area contributed by atoms with Crippen molar-refractivity contribution < 1.29 is 9.94 Å². The Kier molecular flexibility index (Phi) is 3.02. The monoisotopic (exact) mass is 206 g/mol. The Morgan fingerprint density at radius 2 is 2.42 bits per heavy atom. The normalized spacial score (nSPS) is 9.67. The van der Waals surface area contributed by atoms with Gasteiger partial charge in [0.25, 0.3) is 0 Å². The summed E-state index contributed by atoms with van der Waals surface area (Å²) in [5, 5.41) is 9.38. The van der Waals surface area contributed by atoms with E-state index >= 15 is 0 Å². The molecule has 0 bridgehead atoms. The Morgan fingerprint density at radius 3 is 2.92 bits per heavy atom. The molecule has 0 saturated heterocycles. The maximum absolute atomic E-state index is 8.98. The van der Waals surface area contributed by atoms with Gasteiger partial charge in [0, 0.05) is 6.20 Å². The molecule has 0 aliphatic rings. The average Bonchev–Trinajstić information content (AvgIpc) is 2.04. The highest BCUT2D eigenvalue weighted by atomic mass is 35.5. The van der Waals surface area contributed by atoms with Crippen molar-refractivity contribution in [2.45, 2.75) is 0 Å². The summed E-state index contributed by atoms with van der Waals surface area (Å²) in [6.45, 7) is 0. The van der Waals surface area contributed by atoms with Crippen molar-refractivity contribution >= 4 is 30.1 Å². The number of halogens is 1. The molecule has 1 rings (SSSR count). The lowest BCUT2D eigenvalue weighted by Gasteiger charge is -2.11. The lowest BCUT2D eigenvalue weighted by molar-refractivity contribution is 0.323. The van der Waals surface area contributed by atoms with Gasteiger partial charge >= 0.3 is 0 Å². The van der Waals surface area contributed by atoms with Crippen LogP contribution in [0.5, 0.6) is 5.88 Å². The van der Waals surface area contributed by atoms with Gasteiger partial charge in [0.1, 0.15) is 5.69 Å². The van der Waals surface area contributed by atoms with Crippen molar-refractivity contribution in [1.82, 2.24) is 4.98 Å². The number of hydrogen-bond acceptors (Lipinski definition) is 5. The molecule has 1 N–H and O–H groups in total. The Morgan fingerprint density at radius 1 is 1.75 bits per heavy atom. The zero-order chi connectivity index (χ0) is 9.14. The molecule has 0 amide bonds. The van der Waals surface area contributed by atoms with Crippen molar-refractivity contribution in [2.75, 3.05) is 11.6 Å². The van der Waals surface area contributed by atoms with E-state index in [-0.39, 0.29) is 5.88 Å². The Labute approximate surface area is 80.2 Å². The predicted molar refractivity (Wildman–Crippen MR) is 49.1 cm³/mol. The number of aromatic nitrogens is 1. The summed E-state index contributed by atoms with van der Waals surface area (Å²) in [4.78, 5) is 3.81. The second-order valence-corrected chi connectivity index (χ2v) is 2.79. The third-order valence-corrected chi connectivity index (χ3v) is 1.63. The zero-order valence-corrected chi connectivity index (χ0v) is 7.88. The number of pyridine rings is 1. The van der Waals surface area contributed by atoms with Crippen LogP contribution in [0.3, 0.4) is 0 Å². The first-order valence-electron chi connectivity index (χ1n) is 3.02. The summed E-state index contributed by atoms with van der Waals surface area (Å²) in [6.07, 6.45) is 1.42. The van der Waals surface area contributed by atoms with Crippen molar-refractivity contribution in [3.05, 3.63) is 17.3 Å². The van der Waals surface area contributed by atoms with Crippen LogP contribution in [0, 0.1) is 0 Å². The van der Waals surface area contributed by atoms with Gasteiger partial charge in [-0.3, -0.25) is 5.21 Å². The van der Waals surface area contributed by atoms with Crippen LogP contribution in [-0.2, 0) is 0 Å². The van der Waals surface area contributed by atoms with E-state index in [1.54, 1.807) is 0 Å². The van der Waals surface area contributed by atoms with Gasteiger partial charge in [-0.15, -0.1) is 0 Å². The molecular formula is C6H7ClN2O2S. The van der Waals surface area contributed by atoms with Crippen molar-refractivity contribution in [3.8, 4) is 5.88 Å². The van der Waals surface area contributed by atoms with Crippen LogP contribution in [-0.4, -0.2) is 17.3 Å². The number of ether oxygens (including phenoxy) is 1. The van der Waals surface area contributed by atoms with Crippen LogP contribution < -0.4 is 9.21 Å². The molecule has 0 saturated carbocycles. The number of hydrogen-bond donors (Lipinski definition) is 2. The Bertz CT molecular complexity index is 282. The van der Waals surface area contributed by atoms with Gasteiger partial charge in [-0.05, 0) is 18.9 Å². The molecule has 0 aliphatic carbocycles. The molecule has 0 aromatic carbocycles. The Balaban J connectivity index is 3.12. The quantitative estimate of drug-likeness (QED) is 0.572. The zero-order valence-electron chi connectivity index (χ0n) is 6.23. The molecule has 1 aromatic heterocycles. The molecule has 66 valence electrons. The van der Waals surface area contributed by atoms with Crippen molar-refractivity contribution in [2.24, 2.45) is 0 Å². The van der Waals surface area contributed by atoms with Crippen LogP contribution in [0.1, 0.15) is 0 Å². The summed E-state index contributed by atoms with van der Waals surface area (Å²) in [7, 11) is 1.44. The van der Waals surface area contributed by atoms with Crippen LogP contribution in [0.15, 0.2) is 12.3 Å². The van der Waals surface area contributed by atoms with Crippen LogP contribution in [0.4, 0.5) is 5.69 Å². The summed E-state index contributed by atoms with van der Waals surface area (Å²) in [5.41, 5.74) is 0.299. The van der Waals surface area contributed by atoms with E-state index in [4.69, 9.17) is 21.5 Å². The molecular weight excluding hydrogens is 200 g/mol. The van der Waals surface area contributed by atoms with E-state index in [1.807, 2.05) is 0 Å². The fraction of sp³-hybridized carbons (Fsp3) is 0.167. The molecule has 12 heavy (non-hydrogen) atoms. The minimum Gasteiger partial charge on any atom is -0.479 e. The van der Waals surface area contributed by atoms with Gasteiger partial charge in [0.15, 0.2) is 0 Å². The van der Waals surface area contributed by atoms with Crippen LogP contribution in [0.2, 0.25) is 5.02 Å². The largest absolute Gasteiger partial charge is 0.479 e. The van der Waals surface area contributed by atoms with Gasteiger partial charge in [-0.1, -0.05) is 11.6 Å². The molecule has 6 heteroatoms. The highest BCUT2D eigenvalue weighted by Crippen LogP contribution is 2.28. The van der Waals surface area contributed by atoms with Gasteiger partial charge in [0.2, 0.25) is 5.88 Å². The molecule has 0 fully saturated rings. The second-order valence-electron chi connectivity index (χ2n) is 1.97. The number of anilines is 1. The number of thiol groups is 1. The molecule has 1 aromatic rings. The number of methoxy groups -OCH3 is 1. The minimum atomic E-state index is 0.261. The van der Waals surface area contributed by atoms with Crippen molar-refractivity contribution in [1.29, 1.82) is 0 Å². The first-order valence-corrected chi connectivity index (χ1v) is 3.80.